The zero-order valence-electron chi connectivity index (χ0n) is 30.3. The van der Waals surface area contributed by atoms with Crippen molar-refractivity contribution >= 4 is 49.4 Å². The average molecular weight is 700 g/mol. The third kappa shape index (κ3) is 6.02. The van der Waals surface area contributed by atoms with E-state index in [2.05, 4.69) is 229 Å². The molecule has 0 atom stereocenters. The van der Waals surface area contributed by atoms with Crippen molar-refractivity contribution in [2.45, 2.75) is 0 Å². The van der Waals surface area contributed by atoms with Gasteiger partial charge in [0.15, 0.2) is 0 Å². The first-order valence-electron chi connectivity index (χ1n) is 18.9. The van der Waals surface area contributed by atoms with Crippen LogP contribution in [-0.4, -0.2) is 0 Å². The van der Waals surface area contributed by atoms with Gasteiger partial charge in [0.2, 0.25) is 0 Å². The number of fused-ring (bicyclic) bond motifs is 6. The second-order valence-electron chi connectivity index (χ2n) is 14.1. The molecule has 0 saturated carbocycles. The number of nitrogens with zero attached hydrogens (tertiary/aromatic N) is 1. The van der Waals surface area contributed by atoms with Crippen molar-refractivity contribution in [2.24, 2.45) is 0 Å². The lowest BCUT2D eigenvalue weighted by Crippen LogP contribution is -2.09. The van der Waals surface area contributed by atoms with Crippen LogP contribution in [0.1, 0.15) is 0 Å². The van der Waals surface area contributed by atoms with Crippen molar-refractivity contribution in [3.8, 4) is 44.5 Å². The van der Waals surface area contributed by atoms with Gasteiger partial charge in [-0.15, -0.1) is 0 Å². The zero-order valence-corrected chi connectivity index (χ0v) is 30.3. The molecule has 0 bridgehead atoms. The summed E-state index contributed by atoms with van der Waals surface area (Å²) in [6.07, 6.45) is 0. The lowest BCUT2D eigenvalue weighted by atomic mass is 9.89. The molecule has 0 N–H and O–H groups in total. The number of hydrogen-bond donors (Lipinski definition) is 0. The maximum absolute atomic E-state index is 2.34. The summed E-state index contributed by atoms with van der Waals surface area (Å²) in [5.41, 5.74) is 13.0. The summed E-state index contributed by atoms with van der Waals surface area (Å²) in [6, 6.07) is 81.2. The molecular formula is C54H37N. The van der Waals surface area contributed by atoms with Crippen molar-refractivity contribution in [3.63, 3.8) is 0 Å². The maximum Gasteiger partial charge on any atom is 0.0462 e. The monoisotopic (exact) mass is 699 g/mol. The Balaban J connectivity index is 0.986. The van der Waals surface area contributed by atoms with Crippen molar-refractivity contribution < 1.29 is 0 Å². The zero-order chi connectivity index (χ0) is 36.6. The Hall–Kier alpha value is -7.22. The van der Waals surface area contributed by atoms with Crippen molar-refractivity contribution in [2.75, 3.05) is 4.90 Å². The summed E-state index contributed by atoms with van der Waals surface area (Å²) in [7, 11) is 0. The molecule has 55 heavy (non-hydrogen) atoms. The number of rotatable bonds is 7. The molecule has 0 aromatic heterocycles. The van der Waals surface area contributed by atoms with Crippen LogP contribution in [0.4, 0.5) is 17.1 Å². The molecular weight excluding hydrogens is 663 g/mol. The molecule has 1 heteroatoms. The Kier molecular flexibility index (Phi) is 8.24. The quantitative estimate of drug-likeness (QED) is 0.150. The van der Waals surface area contributed by atoms with E-state index in [1.807, 2.05) is 0 Å². The standard InChI is InChI=1S/C54H37N/c1-3-13-38(14-4-1)39-25-27-40(28-26-39)41-29-33-46(34-30-41)55(45-17-5-2-6-18-45)47-35-31-42(32-36-47)43-15-11-16-44(37-43)48-23-12-24-53-51-20-8-7-19-49(51)50-21-9-10-22-52(50)54(48)53/h1-37H. The molecule has 1 nitrogen and oxygen atoms in total. The van der Waals surface area contributed by atoms with Crippen LogP contribution >= 0.6 is 0 Å². The Morgan fingerprint density at radius 1 is 0.218 bits per heavy atom. The minimum Gasteiger partial charge on any atom is -0.311 e. The molecule has 10 rings (SSSR count). The summed E-state index contributed by atoms with van der Waals surface area (Å²) < 4.78 is 0. The van der Waals surface area contributed by atoms with Crippen LogP contribution in [0, 0.1) is 0 Å². The van der Waals surface area contributed by atoms with Gasteiger partial charge in [-0.25, -0.2) is 0 Å². The Morgan fingerprint density at radius 2 is 0.564 bits per heavy atom. The largest absolute Gasteiger partial charge is 0.311 e. The van der Waals surface area contributed by atoms with E-state index in [1.54, 1.807) is 0 Å². The summed E-state index contributed by atoms with van der Waals surface area (Å²) in [4.78, 5) is 2.33. The van der Waals surface area contributed by atoms with Gasteiger partial charge >= 0.3 is 0 Å². The fraction of sp³-hybridized carbons (Fsp3) is 0. The maximum atomic E-state index is 2.34. The lowest BCUT2D eigenvalue weighted by Gasteiger charge is -2.26. The second-order valence-corrected chi connectivity index (χ2v) is 14.1. The highest BCUT2D eigenvalue weighted by atomic mass is 15.1. The van der Waals surface area contributed by atoms with Crippen molar-refractivity contribution in [1.29, 1.82) is 0 Å². The van der Waals surface area contributed by atoms with Crippen molar-refractivity contribution in [3.05, 3.63) is 224 Å². The lowest BCUT2D eigenvalue weighted by molar-refractivity contribution is 1.28. The fourth-order valence-corrected chi connectivity index (χ4v) is 8.18. The Morgan fingerprint density at radius 3 is 1.13 bits per heavy atom. The number of hydrogen-bond acceptors (Lipinski definition) is 1. The Bertz CT molecular complexity index is 2880. The first-order chi connectivity index (χ1) is 27.3. The predicted molar refractivity (Wildman–Crippen MR) is 235 cm³/mol. The van der Waals surface area contributed by atoms with E-state index >= 15 is 0 Å². The molecule has 0 amide bonds. The Labute approximate surface area is 322 Å². The van der Waals surface area contributed by atoms with Gasteiger partial charge in [-0.3, -0.25) is 0 Å². The van der Waals surface area contributed by atoms with E-state index in [9.17, 15) is 0 Å². The molecule has 0 fully saturated rings. The molecule has 0 aliphatic rings. The summed E-state index contributed by atoms with van der Waals surface area (Å²) >= 11 is 0. The topological polar surface area (TPSA) is 3.24 Å². The molecule has 0 aliphatic carbocycles. The van der Waals surface area contributed by atoms with Gasteiger partial charge in [0.05, 0.1) is 0 Å². The molecule has 258 valence electrons. The van der Waals surface area contributed by atoms with Gasteiger partial charge in [-0.2, -0.15) is 0 Å². The molecule has 0 spiro atoms. The van der Waals surface area contributed by atoms with E-state index in [0.29, 0.717) is 0 Å². The van der Waals surface area contributed by atoms with E-state index in [0.717, 1.165) is 17.1 Å². The van der Waals surface area contributed by atoms with Gasteiger partial charge in [0, 0.05) is 17.1 Å². The fourth-order valence-electron chi connectivity index (χ4n) is 8.18. The van der Waals surface area contributed by atoms with E-state index in [4.69, 9.17) is 0 Å². The van der Waals surface area contributed by atoms with Gasteiger partial charge in [-0.1, -0.05) is 182 Å². The van der Waals surface area contributed by atoms with Crippen LogP contribution in [-0.2, 0) is 0 Å². The summed E-state index contributed by atoms with van der Waals surface area (Å²) in [5, 5.41) is 7.76. The summed E-state index contributed by atoms with van der Waals surface area (Å²) in [5.74, 6) is 0. The molecule has 0 unspecified atom stereocenters. The van der Waals surface area contributed by atoms with Crippen LogP contribution in [0.3, 0.4) is 0 Å². The number of benzene rings is 10. The molecule has 10 aromatic carbocycles. The normalized spacial score (nSPS) is 11.3. The summed E-state index contributed by atoms with van der Waals surface area (Å²) in [6.45, 7) is 0. The molecule has 0 heterocycles. The molecule has 0 saturated heterocycles. The first-order valence-corrected chi connectivity index (χ1v) is 18.9. The van der Waals surface area contributed by atoms with Crippen LogP contribution in [0.5, 0.6) is 0 Å². The van der Waals surface area contributed by atoms with Crippen LogP contribution in [0.15, 0.2) is 224 Å². The van der Waals surface area contributed by atoms with Gasteiger partial charge in [0.1, 0.15) is 0 Å². The number of para-hydroxylation sites is 1. The molecule has 0 radical (unpaired) electrons. The van der Waals surface area contributed by atoms with Gasteiger partial charge in [-0.05, 0) is 119 Å². The van der Waals surface area contributed by atoms with Crippen molar-refractivity contribution in [1.82, 2.24) is 0 Å². The minimum atomic E-state index is 1.11. The SMILES string of the molecule is c1ccc(-c2ccc(-c3ccc(N(c4ccccc4)c4ccc(-c5cccc(-c6cccc7c8ccccc8c8ccccc8c67)c5)cc4)cc3)cc2)cc1. The first kappa shape index (κ1) is 32.4. The van der Waals surface area contributed by atoms with Crippen LogP contribution in [0.2, 0.25) is 0 Å². The van der Waals surface area contributed by atoms with Crippen LogP contribution in [0.25, 0.3) is 76.8 Å². The average Bonchev–Trinajstić information content (AvgIpc) is 3.28. The third-order valence-electron chi connectivity index (χ3n) is 10.9. The highest BCUT2D eigenvalue weighted by molar-refractivity contribution is 6.28. The van der Waals surface area contributed by atoms with Gasteiger partial charge in [0.25, 0.3) is 0 Å². The molecule has 10 aromatic rings. The minimum absolute atomic E-state index is 1.11. The highest BCUT2D eigenvalue weighted by Gasteiger charge is 2.15. The third-order valence-corrected chi connectivity index (χ3v) is 10.9. The highest BCUT2D eigenvalue weighted by Crippen LogP contribution is 2.42. The molecule has 0 aliphatic heterocycles. The van der Waals surface area contributed by atoms with E-state index < -0.39 is 0 Å². The van der Waals surface area contributed by atoms with Gasteiger partial charge < -0.3 is 4.90 Å². The van der Waals surface area contributed by atoms with E-state index in [1.165, 1.54) is 76.8 Å². The number of anilines is 3. The smallest absolute Gasteiger partial charge is 0.0462 e. The second kappa shape index (κ2) is 14.0. The van der Waals surface area contributed by atoms with Crippen LogP contribution < -0.4 is 4.90 Å². The predicted octanol–water partition coefficient (Wildman–Crippen LogP) is 15.3. The van der Waals surface area contributed by atoms with E-state index in [-0.39, 0.29) is 0 Å².